The molecule has 1 atom stereocenters. The van der Waals surface area contributed by atoms with Crippen LogP contribution in [0.25, 0.3) is 0 Å². The Bertz CT molecular complexity index is 682. The van der Waals surface area contributed by atoms with Crippen molar-refractivity contribution in [1.29, 1.82) is 0 Å². The highest BCUT2D eigenvalue weighted by Crippen LogP contribution is 2.24. The first-order valence-corrected chi connectivity index (χ1v) is 10.5. The molecule has 1 amide bonds. The van der Waals surface area contributed by atoms with E-state index in [0.29, 0.717) is 0 Å². The molecule has 6 heteroatoms. The summed E-state index contributed by atoms with van der Waals surface area (Å²) < 4.78 is 2.15. The fraction of sp³-hybridized carbons (Fsp3) is 0.500. The van der Waals surface area contributed by atoms with Crippen LogP contribution in [0.5, 0.6) is 0 Å². The van der Waals surface area contributed by atoms with Crippen LogP contribution in [0, 0.1) is 6.92 Å². The summed E-state index contributed by atoms with van der Waals surface area (Å²) in [7, 11) is 0. The molecule has 1 aromatic carbocycles. The average Bonchev–Trinajstić information content (AvgIpc) is 3.08. The van der Waals surface area contributed by atoms with E-state index in [4.69, 9.17) is 0 Å². The van der Waals surface area contributed by atoms with Gasteiger partial charge in [0.2, 0.25) is 5.91 Å². The Morgan fingerprint density at radius 2 is 2.00 bits per heavy atom. The van der Waals surface area contributed by atoms with Crippen LogP contribution in [-0.2, 0) is 11.3 Å². The predicted molar refractivity (Wildman–Crippen MR) is 107 cm³/mol. The van der Waals surface area contributed by atoms with Crippen LogP contribution in [0.1, 0.15) is 30.3 Å². The summed E-state index contributed by atoms with van der Waals surface area (Å²) in [6.45, 7) is 5.63. The van der Waals surface area contributed by atoms with Gasteiger partial charge in [-0.2, -0.15) is 11.8 Å². The third-order valence-corrected chi connectivity index (χ3v) is 5.77. The number of hydrogen-bond acceptors (Lipinski definition) is 4. The second kappa shape index (κ2) is 9.78. The van der Waals surface area contributed by atoms with E-state index in [2.05, 4.69) is 31.9 Å². The average molecular weight is 373 g/mol. The monoisotopic (exact) mass is 372 g/mol. The molecule has 1 saturated heterocycles. The van der Waals surface area contributed by atoms with Gasteiger partial charge >= 0.3 is 0 Å². The number of benzene rings is 1. The highest BCUT2D eigenvalue weighted by atomic mass is 32.2. The molecule has 0 radical (unpaired) electrons. The lowest BCUT2D eigenvalue weighted by molar-refractivity contribution is -0.126. The molecule has 1 aliphatic rings. The molecular formula is C20H28N4OS. The van der Waals surface area contributed by atoms with Crippen molar-refractivity contribution < 1.29 is 4.79 Å². The number of nitrogens with zero attached hydrogens (tertiary/aromatic N) is 3. The van der Waals surface area contributed by atoms with Crippen LogP contribution in [0.3, 0.4) is 0 Å². The Morgan fingerprint density at radius 3 is 2.69 bits per heavy atom. The van der Waals surface area contributed by atoms with Gasteiger partial charge in [-0.15, -0.1) is 0 Å². The summed E-state index contributed by atoms with van der Waals surface area (Å²) in [6.07, 6.45) is 5.85. The normalized spacial score (nSPS) is 16.3. The van der Waals surface area contributed by atoms with Gasteiger partial charge in [0.25, 0.3) is 0 Å². The van der Waals surface area contributed by atoms with Crippen LogP contribution in [0.2, 0.25) is 0 Å². The summed E-state index contributed by atoms with van der Waals surface area (Å²) in [5, 5.41) is 3.16. The van der Waals surface area contributed by atoms with Crippen LogP contribution in [0.15, 0.2) is 42.7 Å². The van der Waals surface area contributed by atoms with E-state index in [1.54, 1.807) is 0 Å². The van der Waals surface area contributed by atoms with Crippen molar-refractivity contribution in [2.45, 2.75) is 32.4 Å². The number of amides is 1. The van der Waals surface area contributed by atoms with Crippen molar-refractivity contribution in [1.82, 2.24) is 19.8 Å². The van der Waals surface area contributed by atoms with Crippen LogP contribution >= 0.6 is 11.8 Å². The second-order valence-corrected chi connectivity index (χ2v) is 7.85. The first-order chi connectivity index (χ1) is 12.8. The maximum Gasteiger partial charge on any atom is 0.241 e. The maximum absolute atomic E-state index is 12.9. The third kappa shape index (κ3) is 5.11. The number of hydrogen-bond donors (Lipinski definition) is 1. The molecule has 2 aromatic rings. The fourth-order valence-corrected chi connectivity index (χ4v) is 4.29. The van der Waals surface area contributed by atoms with E-state index in [9.17, 15) is 4.79 Å². The van der Waals surface area contributed by atoms with E-state index in [-0.39, 0.29) is 11.9 Å². The number of nitrogens with one attached hydrogen (secondary N) is 1. The molecule has 1 aliphatic heterocycles. The zero-order chi connectivity index (χ0) is 18.2. The van der Waals surface area contributed by atoms with Crippen LogP contribution in [-0.4, -0.2) is 51.5 Å². The SMILES string of the molecule is Cc1nccn1CCCCNC(=O)C(c1ccccc1)N1CCSCC1. The number of carbonyl (C=O) groups excluding carboxylic acids is 1. The van der Waals surface area contributed by atoms with Gasteiger partial charge in [0.05, 0.1) is 0 Å². The lowest BCUT2D eigenvalue weighted by Crippen LogP contribution is -2.44. The number of carbonyl (C=O) groups is 1. The zero-order valence-electron chi connectivity index (χ0n) is 15.4. The van der Waals surface area contributed by atoms with Gasteiger partial charge in [0, 0.05) is 50.1 Å². The van der Waals surface area contributed by atoms with Crippen molar-refractivity contribution >= 4 is 17.7 Å². The Balaban J connectivity index is 1.51. The molecule has 0 spiro atoms. The molecule has 2 heterocycles. The first kappa shape index (κ1) is 19.0. The predicted octanol–water partition coefficient (Wildman–Crippen LogP) is 2.88. The number of aryl methyl sites for hydroxylation is 2. The van der Waals surface area contributed by atoms with Gasteiger partial charge < -0.3 is 9.88 Å². The molecule has 1 N–H and O–H groups in total. The molecule has 0 bridgehead atoms. The molecule has 1 aromatic heterocycles. The van der Waals surface area contributed by atoms with Crippen molar-refractivity contribution in [3.05, 3.63) is 54.1 Å². The van der Waals surface area contributed by atoms with E-state index in [0.717, 1.165) is 61.9 Å². The summed E-state index contributed by atoms with van der Waals surface area (Å²) in [6, 6.07) is 9.99. The minimum atomic E-state index is -0.173. The molecule has 1 unspecified atom stereocenters. The van der Waals surface area contributed by atoms with Gasteiger partial charge in [0.1, 0.15) is 11.9 Å². The highest BCUT2D eigenvalue weighted by Gasteiger charge is 2.28. The van der Waals surface area contributed by atoms with E-state index in [1.165, 1.54) is 0 Å². The van der Waals surface area contributed by atoms with Crippen LogP contribution < -0.4 is 5.32 Å². The largest absolute Gasteiger partial charge is 0.354 e. The number of unbranched alkanes of at least 4 members (excludes halogenated alkanes) is 1. The number of thioether (sulfide) groups is 1. The molecule has 5 nitrogen and oxygen atoms in total. The van der Waals surface area contributed by atoms with Crippen LogP contribution in [0.4, 0.5) is 0 Å². The summed E-state index contributed by atoms with van der Waals surface area (Å²) >= 11 is 1.97. The molecule has 1 fully saturated rings. The molecular weight excluding hydrogens is 344 g/mol. The summed E-state index contributed by atoms with van der Waals surface area (Å²) in [4.78, 5) is 19.5. The minimum Gasteiger partial charge on any atom is -0.354 e. The van der Waals surface area contributed by atoms with E-state index in [1.807, 2.05) is 49.3 Å². The summed E-state index contributed by atoms with van der Waals surface area (Å²) in [5.74, 6) is 3.37. The lowest BCUT2D eigenvalue weighted by Gasteiger charge is -2.33. The quantitative estimate of drug-likeness (QED) is 0.724. The third-order valence-electron chi connectivity index (χ3n) is 4.82. The van der Waals surface area contributed by atoms with Crippen molar-refractivity contribution in [3.63, 3.8) is 0 Å². The Hall–Kier alpha value is -1.79. The van der Waals surface area contributed by atoms with E-state index >= 15 is 0 Å². The van der Waals surface area contributed by atoms with Crippen molar-refractivity contribution in [3.8, 4) is 0 Å². The Morgan fingerprint density at radius 1 is 1.23 bits per heavy atom. The minimum absolute atomic E-state index is 0.127. The Labute approximate surface area is 160 Å². The maximum atomic E-state index is 12.9. The van der Waals surface area contributed by atoms with Gasteiger partial charge in [-0.05, 0) is 25.3 Å². The smallest absolute Gasteiger partial charge is 0.241 e. The standard InChI is InChI=1S/C20H28N4OS/c1-17-21-10-12-23(17)11-6-5-9-22-20(25)19(18-7-3-2-4-8-18)24-13-15-26-16-14-24/h2-4,7-8,10,12,19H,5-6,9,11,13-16H2,1H3,(H,22,25). The fourth-order valence-electron chi connectivity index (χ4n) is 3.35. The Kier molecular flexibility index (Phi) is 7.14. The van der Waals surface area contributed by atoms with Gasteiger partial charge in [-0.25, -0.2) is 4.98 Å². The number of aromatic nitrogens is 2. The number of imidazole rings is 1. The van der Waals surface area contributed by atoms with Crippen molar-refractivity contribution in [2.75, 3.05) is 31.1 Å². The summed E-state index contributed by atoms with van der Waals surface area (Å²) in [5.41, 5.74) is 1.09. The second-order valence-electron chi connectivity index (χ2n) is 6.63. The van der Waals surface area contributed by atoms with Gasteiger partial charge in [-0.1, -0.05) is 30.3 Å². The first-order valence-electron chi connectivity index (χ1n) is 9.38. The molecule has 0 saturated carbocycles. The molecule has 140 valence electrons. The lowest BCUT2D eigenvalue weighted by atomic mass is 10.0. The van der Waals surface area contributed by atoms with Crippen molar-refractivity contribution in [2.24, 2.45) is 0 Å². The van der Waals surface area contributed by atoms with E-state index < -0.39 is 0 Å². The highest BCUT2D eigenvalue weighted by molar-refractivity contribution is 7.99. The molecule has 0 aliphatic carbocycles. The topological polar surface area (TPSA) is 50.2 Å². The van der Waals surface area contributed by atoms with Gasteiger partial charge in [0.15, 0.2) is 0 Å². The van der Waals surface area contributed by atoms with Gasteiger partial charge in [-0.3, -0.25) is 9.69 Å². The zero-order valence-corrected chi connectivity index (χ0v) is 16.3. The molecule has 3 rings (SSSR count). The molecule has 26 heavy (non-hydrogen) atoms. The number of rotatable bonds is 8.